The van der Waals surface area contributed by atoms with Gasteiger partial charge in [-0.05, 0) is 37.5 Å². The Morgan fingerprint density at radius 3 is 2.59 bits per heavy atom. The van der Waals surface area contributed by atoms with Crippen LogP contribution in [0.4, 0.5) is 4.79 Å². The number of benzene rings is 2. The first-order valence-electron chi connectivity index (χ1n) is 10.9. The predicted molar refractivity (Wildman–Crippen MR) is 122 cm³/mol. The molecular weight excluding hydrogens is 458 g/mol. The third-order valence-corrected chi connectivity index (χ3v) is 7.79. The molecule has 0 spiro atoms. The number of sulfonamides is 1. The van der Waals surface area contributed by atoms with Crippen molar-refractivity contribution in [3.05, 3.63) is 65.7 Å². The van der Waals surface area contributed by atoms with Gasteiger partial charge in [-0.3, -0.25) is 15.0 Å². The van der Waals surface area contributed by atoms with Crippen LogP contribution in [0.25, 0.3) is 0 Å². The Morgan fingerprint density at radius 2 is 1.82 bits per heavy atom. The summed E-state index contributed by atoms with van der Waals surface area (Å²) in [7, 11) is -3.77. The average Bonchev–Trinajstić information content (AvgIpc) is 3.25. The number of carbonyl (C=O) groups excluding carboxylic acids is 3. The van der Waals surface area contributed by atoms with Crippen molar-refractivity contribution in [1.82, 2.24) is 20.7 Å². The number of nitrogens with zero attached hydrogens (tertiary/aromatic N) is 3. The fraction of sp³-hybridized carbons (Fsp3) is 0.304. The van der Waals surface area contributed by atoms with Gasteiger partial charge < -0.3 is 10.2 Å². The summed E-state index contributed by atoms with van der Waals surface area (Å²) in [5.41, 5.74) is 2.29. The highest BCUT2D eigenvalue weighted by Gasteiger charge is 2.50. The first-order chi connectivity index (χ1) is 16.2. The number of likely N-dealkylation sites (tertiary alicyclic amines) is 1. The fourth-order valence-electron chi connectivity index (χ4n) is 4.61. The van der Waals surface area contributed by atoms with Crippen LogP contribution in [0, 0.1) is 5.92 Å². The summed E-state index contributed by atoms with van der Waals surface area (Å²) in [6, 6.07) is 14.7. The maximum absolute atomic E-state index is 13.1. The van der Waals surface area contributed by atoms with Gasteiger partial charge in [-0.25, -0.2) is 4.79 Å². The standard InChI is InChI=1S/C23H23N5O5S/c1-23(16-9-3-2-4-10-16)21(30)28(22(31)24-23)25-20(29)15-8-7-13-27(14-15)19-17-11-5-6-12-18(17)34(32,33)26-19/h2-6,9-12,15H,7-8,13-14H2,1H3,(H,24,31)(H,25,29)/t15-,23+/m1/s1. The summed E-state index contributed by atoms with van der Waals surface area (Å²) in [6.07, 6.45) is 1.16. The number of hydrogen-bond donors (Lipinski definition) is 2. The second kappa shape index (κ2) is 7.94. The van der Waals surface area contributed by atoms with Gasteiger partial charge in [0.25, 0.3) is 15.9 Å². The lowest BCUT2D eigenvalue weighted by Crippen LogP contribution is -2.52. The molecule has 3 aliphatic rings. The van der Waals surface area contributed by atoms with Crippen molar-refractivity contribution in [3.8, 4) is 0 Å². The van der Waals surface area contributed by atoms with Gasteiger partial charge in [-0.15, -0.1) is 4.40 Å². The van der Waals surface area contributed by atoms with E-state index in [-0.39, 0.29) is 11.4 Å². The minimum atomic E-state index is -3.77. The molecule has 0 bridgehead atoms. The highest BCUT2D eigenvalue weighted by molar-refractivity contribution is 7.90. The summed E-state index contributed by atoms with van der Waals surface area (Å²) in [5, 5.41) is 3.38. The minimum absolute atomic E-state index is 0.149. The number of piperidine rings is 1. The van der Waals surface area contributed by atoms with Crippen LogP contribution in [0.5, 0.6) is 0 Å². The summed E-state index contributed by atoms with van der Waals surface area (Å²) in [6.45, 7) is 2.35. The molecule has 34 heavy (non-hydrogen) atoms. The van der Waals surface area contributed by atoms with Gasteiger partial charge in [0.05, 0.1) is 5.92 Å². The maximum Gasteiger partial charge on any atom is 0.344 e. The normalized spacial score (nSPS) is 25.6. The van der Waals surface area contributed by atoms with Gasteiger partial charge in [-0.1, -0.05) is 42.5 Å². The summed E-state index contributed by atoms with van der Waals surface area (Å²) >= 11 is 0. The third-order valence-electron chi connectivity index (χ3n) is 6.47. The smallest absolute Gasteiger partial charge is 0.344 e. The van der Waals surface area contributed by atoms with Gasteiger partial charge >= 0.3 is 6.03 Å². The Bertz CT molecular complexity index is 1330. The first kappa shape index (κ1) is 22.1. The maximum atomic E-state index is 13.1. The molecule has 0 radical (unpaired) electrons. The van der Waals surface area contributed by atoms with E-state index < -0.39 is 39.3 Å². The van der Waals surface area contributed by atoms with Crippen LogP contribution in [0.3, 0.4) is 0 Å². The average molecular weight is 482 g/mol. The van der Waals surface area contributed by atoms with E-state index in [4.69, 9.17) is 0 Å². The van der Waals surface area contributed by atoms with Crippen LogP contribution in [-0.4, -0.2) is 55.1 Å². The van der Waals surface area contributed by atoms with Crippen molar-refractivity contribution in [3.63, 3.8) is 0 Å². The summed E-state index contributed by atoms with van der Waals surface area (Å²) in [5.74, 6) is -1.30. The molecule has 0 saturated carbocycles. The van der Waals surface area contributed by atoms with Crippen LogP contribution in [0.2, 0.25) is 0 Å². The number of nitrogens with one attached hydrogen (secondary N) is 2. The zero-order valence-corrected chi connectivity index (χ0v) is 19.2. The van der Waals surface area contributed by atoms with Crippen molar-refractivity contribution < 1.29 is 22.8 Å². The van der Waals surface area contributed by atoms with Crippen LogP contribution in [0.1, 0.15) is 30.9 Å². The quantitative estimate of drug-likeness (QED) is 0.637. The van der Waals surface area contributed by atoms with Crippen molar-refractivity contribution in [2.45, 2.75) is 30.2 Å². The predicted octanol–water partition coefficient (Wildman–Crippen LogP) is 1.35. The number of imide groups is 1. The molecule has 5 rings (SSSR count). The third kappa shape index (κ3) is 3.52. The molecule has 0 unspecified atom stereocenters. The Kier molecular flexibility index (Phi) is 5.16. The van der Waals surface area contributed by atoms with Gasteiger partial charge in [0.15, 0.2) is 5.84 Å². The van der Waals surface area contributed by atoms with E-state index in [0.29, 0.717) is 36.3 Å². The molecule has 2 saturated heterocycles. The first-order valence-corrected chi connectivity index (χ1v) is 12.4. The van der Waals surface area contributed by atoms with E-state index in [1.54, 1.807) is 60.4 Å². The lowest BCUT2D eigenvalue weighted by Gasteiger charge is -2.33. The molecule has 2 atom stereocenters. The van der Waals surface area contributed by atoms with E-state index in [1.807, 2.05) is 0 Å². The molecule has 3 heterocycles. The Hall–Kier alpha value is -3.73. The van der Waals surface area contributed by atoms with E-state index in [2.05, 4.69) is 15.1 Å². The lowest BCUT2D eigenvalue weighted by atomic mass is 9.92. The highest BCUT2D eigenvalue weighted by Crippen LogP contribution is 2.31. The fourth-order valence-corrected chi connectivity index (χ4v) is 5.84. The molecule has 0 aliphatic carbocycles. The number of rotatable bonds is 3. The van der Waals surface area contributed by atoms with Crippen LogP contribution in [0.15, 0.2) is 63.9 Å². The zero-order valence-electron chi connectivity index (χ0n) is 18.4. The van der Waals surface area contributed by atoms with Crippen LogP contribution >= 0.6 is 0 Å². The Morgan fingerprint density at radius 1 is 1.12 bits per heavy atom. The van der Waals surface area contributed by atoms with Crippen molar-refractivity contribution in [2.75, 3.05) is 13.1 Å². The Balaban J connectivity index is 1.32. The van der Waals surface area contributed by atoms with E-state index in [9.17, 15) is 22.8 Å². The molecule has 4 amide bonds. The van der Waals surface area contributed by atoms with Gasteiger partial charge in [-0.2, -0.15) is 13.4 Å². The van der Waals surface area contributed by atoms with E-state index in [0.717, 1.165) is 5.01 Å². The molecule has 176 valence electrons. The van der Waals surface area contributed by atoms with Gasteiger partial charge in [0, 0.05) is 18.7 Å². The molecule has 3 aliphatic heterocycles. The van der Waals surface area contributed by atoms with E-state index in [1.165, 1.54) is 6.07 Å². The highest BCUT2D eigenvalue weighted by atomic mass is 32.2. The van der Waals surface area contributed by atoms with Crippen molar-refractivity contribution in [1.29, 1.82) is 0 Å². The number of carbonyl (C=O) groups is 3. The van der Waals surface area contributed by atoms with Gasteiger partial charge in [0.1, 0.15) is 10.4 Å². The minimum Gasteiger partial charge on any atom is -0.355 e. The monoisotopic (exact) mass is 481 g/mol. The topological polar surface area (TPSA) is 128 Å². The number of hydrazine groups is 1. The molecule has 2 N–H and O–H groups in total. The van der Waals surface area contributed by atoms with Crippen LogP contribution < -0.4 is 10.7 Å². The summed E-state index contributed by atoms with van der Waals surface area (Å²) in [4.78, 5) is 40.6. The number of amides is 4. The van der Waals surface area contributed by atoms with Crippen molar-refractivity contribution in [2.24, 2.45) is 10.3 Å². The number of urea groups is 1. The van der Waals surface area contributed by atoms with Crippen LogP contribution in [-0.2, 0) is 25.2 Å². The van der Waals surface area contributed by atoms with Crippen molar-refractivity contribution >= 4 is 33.7 Å². The molecule has 11 heteroatoms. The largest absolute Gasteiger partial charge is 0.355 e. The SMILES string of the molecule is C[C@@]1(c2ccccc2)NC(=O)N(NC(=O)[C@@H]2CCCN(C3=NS(=O)(=O)c4ccccc43)C2)C1=O. The second-order valence-corrected chi connectivity index (χ2v) is 10.3. The number of hydrogen-bond acceptors (Lipinski definition) is 6. The molecule has 2 aromatic rings. The second-order valence-electron chi connectivity index (χ2n) is 8.71. The van der Waals surface area contributed by atoms with E-state index >= 15 is 0 Å². The lowest BCUT2D eigenvalue weighted by molar-refractivity contribution is -0.141. The molecule has 2 aromatic carbocycles. The van der Waals surface area contributed by atoms with Gasteiger partial charge in [0.2, 0.25) is 5.91 Å². The molecular formula is C23H23N5O5S. The molecule has 2 fully saturated rings. The zero-order chi connectivity index (χ0) is 24.1. The number of fused-ring (bicyclic) bond motifs is 1. The molecule has 10 nitrogen and oxygen atoms in total. The number of amidine groups is 1. The molecule has 0 aromatic heterocycles. The summed E-state index contributed by atoms with van der Waals surface area (Å²) < 4.78 is 28.8. The Labute approximate surface area is 196 Å².